The highest BCUT2D eigenvalue weighted by Gasteiger charge is 2.26. The maximum absolute atomic E-state index is 11.4. The average Bonchev–Trinajstić information content (AvgIpc) is 3.07. The molecular formula is C15H23NO3S. The summed E-state index contributed by atoms with van der Waals surface area (Å²) in [6.07, 6.45) is 3.72. The molecule has 3 atom stereocenters. The van der Waals surface area contributed by atoms with Crippen LogP contribution in [0.2, 0.25) is 0 Å². The smallest absolute Gasteiger partial charge is 0.373 e. The Labute approximate surface area is 124 Å². The van der Waals surface area contributed by atoms with Crippen molar-refractivity contribution < 1.29 is 13.9 Å². The lowest BCUT2D eigenvalue weighted by atomic mass is 10.2. The minimum atomic E-state index is -0.427. The highest BCUT2D eigenvalue weighted by Crippen LogP contribution is 2.31. The summed E-state index contributed by atoms with van der Waals surface area (Å²) < 4.78 is 10.2. The van der Waals surface area contributed by atoms with Gasteiger partial charge >= 0.3 is 5.97 Å². The molecule has 4 nitrogen and oxygen atoms in total. The highest BCUT2D eigenvalue weighted by atomic mass is 32.2. The van der Waals surface area contributed by atoms with E-state index in [2.05, 4.69) is 35.7 Å². The zero-order valence-corrected chi connectivity index (χ0v) is 13.2. The number of hydrogen-bond donors (Lipinski definition) is 1. The standard InChI is InChI=1S/C15H23NO3S/c1-4-20-12-6-5-11(9-12)16-10(2)13-7-8-14(19-13)15(17)18-3/h7-8,10-12,16H,4-6,9H2,1-3H3. The van der Waals surface area contributed by atoms with Gasteiger partial charge in [0, 0.05) is 11.3 Å². The van der Waals surface area contributed by atoms with Crippen molar-refractivity contribution in [1.82, 2.24) is 5.32 Å². The molecule has 3 unspecified atom stereocenters. The minimum absolute atomic E-state index is 0.115. The van der Waals surface area contributed by atoms with Crippen LogP contribution in [-0.4, -0.2) is 30.1 Å². The van der Waals surface area contributed by atoms with E-state index in [4.69, 9.17) is 4.42 Å². The molecule has 1 heterocycles. The molecule has 2 rings (SSSR count). The van der Waals surface area contributed by atoms with E-state index >= 15 is 0 Å². The van der Waals surface area contributed by atoms with E-state index in [9.17, 15) is 4.79 Å². The fourth-order valence-corrected chi connectivity index (χ4v) is 3.85. The van der Waals surface area contributed by atoms with E-state index in [-0.39, 0.29) is 11.8 Å². The summed E-state index contributed by atoms with van der Waals surface area (Å²) in [6, 6.07) is 4.17. The van der Waals surface area contributed by atoms with Gasteiger partial charge in [-0.25, -0.2) is 4.79 Å². The second kappa shape index (κ2) is 7.18. The van der Waals surface area contributed by atoms with Crippen molar-refractivity contribution in [3.8, 4) is 0 Å². The first-order valence-corrected chi connectivity index (χ1v) is 8.24. The predicted octanol–water partition coefficient (Wildman–Crippen LogP) is 3.39. The Kier molecular flexibility index (Phi) is 5.54. The van der Waals surface area contributed by atoms with Gasteiger partial charge in [0.15, 0.2) is 0 Å². The van der Waals surface area contributed by atoms with Crippen LogP contribution in [0.1, 0.15) is 55.5 Å². The molecule has 1 saturated carbocycles. The third-order valence-corrected chi connectivity index (χ3v) is 4.95. The van der Waals surface area contributed by atoms with Crippen molar-refractivity contribution in [2.24, 2.45) is 0 Å². The molecule has 1 aliphatic carbocycles. The Bertz CT molecular complexity index is 446. The molecule has 1 fully saturated rings. The zero-order valence-electron chi connectivity index (χ0n) is 12.3. The Hall–Kier alpha value is -0.940. The van der Waals surface area contributed by atoms with Gasteiger partial charge in [-0.15, -0.1) is 0 Å². The number of thioether (sulfide) groups is 1. The number of nitrogens with one attached hydrogen (secondary N) is 1. The molecule has 1 aromatic rings. The summed E-state index contributed by atoms with van der Waals surface area (Å²) in [7, 11) is 1.36. The van der Waals surface area contributed by atoms with Crippen LogP contribution in [0.15, 0.2) is 16.5 Å². The third-order valence-electron chi connectivity index (χ3n) is 3.71. The first-order chi connectivity index (χ1) is 9.63. The van der Waals surface area contributed by atoms with Gasteiger partial charge < -0.3 is 14.5 Å². The first-order valence-electron chi connectivity index (χ1n) is 7.19. The van der Waals surface area contributed by atoms with Crippen molar-refractivity contribution in [2.45, 2.75) is 50.4 Å². The Morgan fingerprint density at radius 3 is 3.05 bits per heavy atom. The van der Waals surface area contributed by atoms with Gasteiger partial charge in [0.25, 0.3) is 0 Å². The van der Waals surface area contributed by atoms with Gasteiger partial charge in [0.2, 0.25) is 5.76 Å². The van der Waals surface area contributed by atoms with Gasteiger partial charge in [-0.05, 0) is 44.1 Å². The maximum Gasteiger partial charge on any atom is 0.373 e. The maximum atomic E-state index is 11.4. The van der Waals surface area contributed by atoms with Crippen molar-refractivity contribution in [3.05, 3.63) is 23.7 Å². The largest absolute Gasteiger partial charge is 0.463 e. The number of furan rings is 1. The van der Waals surface area contributed by atoms with Crippen LogP contribution in [0.4, 0.5) is 0 Å². The summed E-state index contributed by atoms with van der Waals surface area (Å²) in [4.78, 5) is 11.4. The van der Waals surface area contributed by atoms with Gasteiger partial charge in [-0.2, -0.15) is 11.8 Å². The Morgan fingerprint density at radius 1 is 1.55 bits per heavy atom. The lowest BCUT2D eigenvalue weighted by Crippen LogP contribution is -2.29. The number of hydrogen-bond acceptors (Lipinski definition) is 5. The number of carbonyl (C=O) groups is 1. The lowest BCUT2D eigenvalue weighted by Gasteiger charge is -2.18. The molecule has 0 spiro atoms. The molecule has 5 heteroatoms. The zero-order chi connectivity index (χ0) is 14.5. The summed E-state index contributed by atoms with van der Waals surface area (Å²) >= 11 is 2.05. The van der Waals surface area contributed by atoms with Crippen LogP contribution in [0, 0.1) is 0 Å². The van der Waals surface area contributed by atoms with E-state index in [1.165, 1.54) is 32.1 Å². The van der Waals surface area contributed by atoms with Crippen LogP contribution in [0.5, 0.6) is 0 Å². The Morgan fingerprint density at radius 2 is 2.35 bits per heavy atom. The Balaban J connectivity index is 1.87. The summed E-state index contributed by atoms with van der Waals surface area (Å²) in [5.74, 6) is 1.82. The lowest BCUT2D eigenvalue weighted by molar-refractivity contribution is 0.0562. The van der Waals surface area contributed by atoms with Crippen LogP contribution < -0.4 is 5.32 Å². The van der Waals surface area contributed by atoms with Crippen molar-refractivity contribution in [2.75, 3.05) is 12.9 Å². The average molecular weight is 297 g/mol. The number of ether oxygens (including phenoxy) is 1. The van der Waals surface area contributed by atoms with E-state index < -0.39 is 5.97 Å². The number of methoxy groups -OCH3 is 1. The van der Waals surface area contributed by atoms with Gasteiger partial charge in [-0.1, -0.05) is 6.92 Å². The van der Waals surface area contributed by atoms with Crippen LogP contribution in [0.25, 0.3) is 0 Å². The molecule has 0 aliphatic heterocycles. The predicted molar refractivity (Wildman–Crippen MR) is 81.2 cm³/mol. The first kappa shape index (κ1) is 15.4. The van der Waals surface area contributed by atoms with E-state index in [0.717, 1.165) is 11.0 Å². The molecule has 0 amide bonds. The second-order valence-electron chi connectivity index (χ2n) is 5.17. The molecule has 112 valence electrons. The quantitative estimate of drug-likeness (QED) is 0.816. The molecular weight excluding hydrogens is 274 g/mol. The van der Waals surface area contributed by atoms with Gasteiger partial charge in [-0.3, -0.25) is 0 Å². The second-order valence-corrected chi connectivity index (χ2v) is 6.75. The molecule has 1 aromatic heterocycles. The van der Waals surface area contributed by atoms with Crippen LogP contribution >= 0.6 is 11.8 Å². The molecule has 1 N–H and O–H groups in total. The van der Waals surface area contributed by atoms with E-state index in [0.29, 0.717) is 6.04 Å². The number of esters is 1. The minimum Gasteiger partial charge on any atom is -0.463 e. The topological polar surface area (TPSA) is 51.5 Å². The number of carbonyl (C=O) groups excluding carboxylic acids is 1. The van der Waals surface area contributed by atoms with Crippen molar-refractivity contribution in [3.63, 3.8) is 0 Å². The summed E-state index contributed by atoms with van der Waals surface area (Å²) in [5, 5.41) is 4.38. The van der Waals surface area contributed by atoms with E-state index in [1.54, 1.807) is 6.07 Å². The van der Waals surface area contributed by atoms with Crippen LogP contribution in [-0.2, 0) is 4.74 Å². The van der Waals surface area contributed by atoms with Crippen molar-refractivity contribution >= 4 is 17.7 Å². The molecule has 0 aromatic carbocycles. The SMILES string of the molecule is CCSC1CCC(NC(C)c2ccc(C(=O)OC)o2)C1. The van der Waals surface area contributed by atoms with Crippen molar-refractivity contribution in [1.29, 1.82) is 0 Å². The fourth-order valence-electron chi connectivity index (χ4n) is 2.71. The van der Waals surface area contributed by atoms with Crippen LogP contribution in [0.3, 0.4) is 0 Å². The third kappa shape index (κ3) is 3.79. The summed E-state index contributed by atoms with van der Waals surface area (Å²) in [5.41, 5.74) is 0. The van der Waals surface area contributed by atoms with E-state index in [1.807, 2.05) is 6.07 Å². The fraction of sp³-hybridized carbons (Fsp3) is 0.667. The molecule has 0 bridgehead atoms. The highest BCUT2D eigenvalue weighted by molar-refractivity contribution is 7.99. The molecule has 0 saturated heterocycles. The monoisotopic (exact) mass is 297 g/mol. The number of rotatable bonds is 6. The normalized spacial score (nSPS) is 23.8. The summed E-state index contributed by atoms with van der Waals surface area (Å²) in [6.45, 7) is 4.28. The molecule has 1 aliphatic rings. The molecule has 20 heavy (non-hydrogen) atoms. The van der Waals surface area contributed by atoms with Gasteiger partial charge in [0.1, 0.15) is 5.76 Å². The molecule has 0 radical (unpaired) electrons. The van der Waals surface area contributed by atoms with Gasteiger partial charge in [0.05, 0.1) is 13.2 Å².